The summed E-state index contributed by atoms with van der Waals surface area (Å²) >= 11 is 0. The summed E-state index contributed by atoms with van der Waals surface area (Å²) in [6, 6.07) is 15.3. The van der Waals surface area contributed by atoms with Crippen molar-refractivity contribution >= 4 is 23.2 Å². The number of benzene rings is 2. The molecule has 0 aliphatic heterocycles. The molecule has 0 aliphatic carbocycles. The number of amides is 2. The van der Waals surface area contributed by atoms with Gasteiger partial charge >= 0.3 is 12.1 Å². The molecule has 0 heterocycles. The summed E-state index contributed by atoms with van der Waals surface area (Å²) in [6.45, 7) is 1.60. The molecule has 0 saturated carbocycles. The summed E-state index contributed by atoms with van der Waals surface area (Å²) in [6.07, 6.45) is -4.14. The molecule has 0 unspecified atom stereocenters. The standard InChI is InChI=1S/C19H18F3N3O2/c1-13(24-25-17(26)11-10-14-6-3-2-4-7-14)15-8-5-9-16(12-15)23-18(27)19(20,21)22/h2-9,12H,10-11H2,1H3,(H,23,27)(H,25,26)/b24-13-. The maximum absolute atomic E-state index is 12.3. The number of nitrogens with one attached hydrogen (secondary N) is 2. The Morgan fingerprint density at radius 2 is 1.74 bits per heavy atom. The van der Waals surface area contributed by atoms with Crippen molar-refractivity contribution in [1.82, 2.24) is 5.43 Å². The van der Waals surface area contributed by atoms with Crippen molar-refractivity contribution in [2.24, 2.45) is 5.10 Å². The molecule has 8 heteroatoms. The molecule has 0 bridgehead atoms. The molecule has 2 N–H and O–H groups in total. The fourth-order valence-electron chi connectivity index (χ4n) is 2.19. The topological polar surface area (TPSA) is 70.6 Å². The highest BCUT2D eigenvalue weighted by Crippen LogP contribution is 2.19. The molecule has 5 nitrogen and oxygen atoms in total. The Hall–Kier alpha value is -3.16. The average molecular weight is 377 g/mol. The molecule has 0 atom stereocenters. The number of hydrogen-bond acceptors (Lipinski definition) is 3. The molecule has 27 heavy (non-hydrogen) atoms. The van der Waals surface area contributed by atoms with Crippen LogP contribution in [0.3, 0.4) is 0 Å². The second kappa shape index (κ2) is 8.98. The van der Waals surface area contributed by atoms with Gasteiger partial charge in [0.05, 0.1) is 5.71 Å². The van der Waals surface area contributed by atoms with Crippen LogP contribution in [-0.4, -0.2) is 23.7 Å². The van der Waals surface area contributed by atoms with E-state index in [-0.39, 0.29) is 18.0 Å². The number of halogens is 3. The van der Waals surface area contributed by atoms with Crippen molar-refractivity contribution < 1.29 is 22.8 Å². The molecule has 0 spiro atoms. The second-order valence-corrected chi connectivity index (χ2v) is 5.75. The van der Waals surface area contributed by atoms with Crippen LogP contribution in [0.25, 0.3) is 0 Å². The van der Waals surface area contributed by atoms with Gasteiger partial charge in [0.25, 0.3) is 0 Å². The summed E-state index contributed by atoms with van der Waals surface area (Å²) in [5.41, 5.74) is 4.30. The van der Waals surface area contributed by atoms with E-state index >= 15 is 0 Å². The zero-order chi connectivity index (χ0) is 19.9. The van der Waals surface area contributed by atoms with E-state index in [1.54, 1.807) is 18.3 Å². The molecule has 0 aliphatic rings. The van der Waals surface area contributed by atoms with Gasteiger partial charge in [-0.1, -0.05) is 42.5 Å². The lowest BCUT2D eigenvalue weighted by Gasteiger charge is -2.09. The first kappa shape index (κ1) is 20.2. The van der Waals surface area contributed by atoms with E-state index in [2.05, 4.69) is 10.5 Å². The van der Waals surface area contributed by atoms with Gasteiger partial charge in [0.2, 0.25) is 5.91 Å². The molecule has 0 aromatic heterocycles. The van der Waals surface area contributed by atoms with Gasteiger partial charge in [-0.3, -0.25) is 9.59 Å². The zero-order valence-corrected chi connectivity index (χ0v) is 14.5. The fraction of sp³-hybridized carbons (Fsp3) is 0.211. The minimum absolute atomic E-state index is 0.0141. The number of hydrogen-bond donors (Lipinski definition) is 2. The van der Waals surface area contributed by atoms with Gasteiger partial charge in [-0.2, -0.15) is 18.3 Å². The van der Waals surface area contributed by atoms with Crippen molar-refractivity contribution in [3.8, 4) is 0 Å². The van der Waals surface area contributed by atoms with Gasteiger partial charge in [-0.05, 0) is 36.6 Å². The highest BCUT2D eigenvalue weighted by Gasteiger charge is 2.38. The van der Waals surface area contributed by atoms with Crippen LogP contribution in [0.15, 0.2) is 59.7 Å². The number of carbonyl (C=O) groups is 2. The number of aryl methyl sites for hydroxylation is 1. The molecule has 2 aromatic rings. The van der Waals surface area contributed by atoms with Crippen molar-refractivity contribution in [1.29, 1.82) is 0 Å². The van der Waals surface area contributed by atoms with Gasteiger partial charge in [0.1, 0.15) is 0 Å². The fourth-order valence-corrected chi connectivity index (χ4v) is 2.19. The van der Waals surface area contributed by atoms with Crippen LogP contribution < -0.4 is 10.7 Å². The van der Waals surface area contributed by atoms with Gasteiger partial charge in [-0.15, -0.1) is 0 Å². The molecule has 0 saturated heterocycles. The number of carbonyl (C=O) groups excluding carboxylic acids is 2. The van der Waals surface area contributed by atoms with E-state index in [0.717, 1.165) is 5.56 Å². The maximum atomic E-state index is 12.3. The lowest BCUT2D eigenvalue weighted by atomic mass is 10.1. The van der Waals surface area contributed by atoms with Gasteiger partial charge < -0.3 is 5.32 Å². The Balaban J connectivity index is 1.94. The van der Waals surface area contributed by atoms with Gasteiger partial charge in [-0.25, -0.2) is 5.43 Å². The number of anilines is 1. The maximum Gasteiger partial charge on any atom is 0.471 e. The van der Waals surface area contributed by atoms with Crippen molar-refractivity contribution in [3.05, 3.63) is 65.7 Å². The second-order valence-electron chi connectivity index (χ2n) is 5.75. The van der Waals surface area contributed by atoms with E-state index in [1.807, 2.05) is 30.3 Å². The summed E-state index contributed by atoms with van der Waals surface area (Å²) in [5, 5.41) is 5.73. The lowest BCUT2D eigenvalue weighted by molar-refractivity contribution is -0.167. The molecule has 0 radical (unpaired) electrons. The predicted octanol–water partition coefficient (Wildman–Crippen LogP) is 3.66. The Morgan fingerprint density at radius 1 is 1.04 bits per heavy atom. The van der Waals surface area contributed by atoms with E-state index in [9.17, 15) is 22.8 Å². The first-order valence-corrected chi connectivity index (χ1v) is 8.11. The summed E-state index contributed by atoms with van der Waals surface area (Å²) in [7, 11) is 0. The molecular weight excluding hydrogens is 359 g/mol. The van der Waals surface area contributed by atoms with Crippen LogP contribution in [0, 0.1) is 0 Å². The molecule has 2 rings (SSSR count). The van der Waals surface area contributed by atoms with Crippen molar-refractivity contribution in [3.63, 3.8) is 0 Å². The van der Waals surface area contributed by atoms with Crippen molar-refractivity contribution in [2.75, 3.05) is 5.32 Å². The number of rotatable bonds is 6. The van der Waals surface area contributed by atoms with Crippen molar-refractivity contribution in [2.45, 2.75) is 25.9 Å². The predicted molar refractivity (Wildman–Crippen MR) is 96.2 cm³/mol. The number of nitrogens with zero attached hydrogens (tertiary/aromatic N) is 1. The lowest BCUT2D eigenvalue weighted by Crippen LogP contribution is -2.29. The third kappa shape index (κ3) is 6.58. The monoisotopic (exact) mass is 377 g/mol. The highest BCUT2D eigenvalue weighted by molar-refractivity contribution is 6.01. The minimum Gasteiger partial charge on any atom is -0.318 e. The summed E-state index contributed by atoms with van der Waals surface area (Å²) in [4.78, 5) is 22.9. The normalized spacial score (nSPS) is 11.8. The Morgan fingerprint density at radius 3 is 2.41 bits per heavy atom. The molecule has 2 aromatic carbocycles. The molecule has 0 fully saturated rings. The van der Waals surface area contributed by atoms with E-state index in [0.29, 0.717) is 17.7 Å². The SMILES string of the molecule is C/C(=N/NC(=O)CCc1ccccc1)c1cccc(NC(=O)C(F)(F)F)c1. The van der Waals surface area contributed by atoms with Crippen LogP contribution in [0.5, 0.6) is 0 Å². The molecule has 142 valence electrons. The Labute approximate surface area is 154 Å². The average Bonchev–Trinajstić information content (AvgIpc) is 2.64. The zero-order valence-electron chi connectivity index (χ0n) is 14.5. The van der Waals surface area contributed by atoms with Gasteiger partial charge in [0.15, 0.2) is 0 Å². The molecular formula is C19H18F3N3O2. The minimum atomic E-state index is -4.97. The first-order chi connectivity index (χ1) is 12.8. The number of hydrazone groups is 1. The Bertz CT molecular complexity index is 834. The third-order valence-electron chi connectivity index (χ3n) is 3.63. The first-order valence-electron chi connectivity index (χ1n) is 8.11. The van der Waals surface area contributed by atoms with Gasteiger partial charge in [0, 0.05) is 12.1 Å². The number of alkyl halides is 3. The molecule has 2 amide bonds. The van der Waals surface area contributed by atoms with Crippen LogP contribution in [0.1, 0.15) is 24.5 Å². The summed E-state index contributed by atoms with van der Waals surface area (Å²) < 4.78 is 36.9. The quantitative estimate of drug-likeness (QED) is 0.596. The van der Waals surface area contributed by atoms with E-state index in [1.165, 1.54) is 18.2 Å². The third-order valence-corrected chi connectivity index (χ3v) is 3.63. The van der Waals surface area contributed by atoms with E-state index < -0.39 is 12.1 Å². The van der Waals surface area contributed by atoms with E-state index in [4.69, 9.17) is 0 Å². The van der Waals surface area contributed by atoms with Crippen LogP contribution in [0.4, 0.5) is 18.9 Å². The highest BCUT2D eigenvalue weighted by atomic mass is 19.4. The van der Waals surface area contributed by atoms with Crippen LogP contribution >= 0.6 is 0 Å². The van der Waals surface area contributed by atoms with Crippen LogP contribution in [0.2, 0.25) is 0 Å². The largest absolute Gasteiger partial charge is 0.471 e. The smallest absolute Gasteiger partial charge is 0.318 e. The van der Waals surface area contributed by atoms with Crippen LogP contribution in [-0.2, 0) is 16.0 Å². The Kier molecular flexibility index (Phi) is 6.70. The summed E-state index contributed by atoms with van der Waals surface area (Å²) in [5.74, 6) is -2.33.